The van der Waals surface area contributed by atoms with E-state index >= 15 is 0 Å². The number of nitrogens with two attached hydrogens (primary N) is 1. The maximum atomic E-state index is 5.77. The van der Waals surface area contributed by atoms with Crippen molar-refractivity contribution in [3.8, 4) is 0 Å². The van der Waals surface area contributed by atoms with Crippen molar-refractivity contribution in [3.05, 3.63) is 0 Å². The molecule has 17 heavy (non-hydrogen) atoms. The molecule has 1 aliphatic heterocycles. The maximum absolute atomic E-state index is 5.77. The van der Waals surface area contributed by atoms with Gasteiger partial charge in [0.05, 0.1) is 17.6 Å². The van der Waals surface area contributed by atoms with Crippen LogP contribution in [-0.2, 0) is 4.74 Å². The third kappa shape index (κ3) is 4.87. The van der Waals surface area contributed by atoms with Crippen molar-refractivity contribution in [1.82, 2.24) is 9.80 Å². The van der Waals surface area contributed by atoms with Gasteiger partial charge in [-0.15, -0.1) is 0 Å². The molecule has 0 bridgehead atoms. The molecular formula is C12H25N3OS. The smallest absolute Gasteiger partial charge is 0.0901 e. The molecule has 0 saturated carbocycles. The van der Waals surface area contributed by atoms with Crippen molar-refractivity contribution in [1.29, 1.82) is 0 Å². The standard InChI is InChI=1S/C12H25N3OS/c1-3-11(12(13)17)15-7-5-14(6-8-15)9-10-16-4-2/h11H,3-10H2,1-2H3,(H2,13,17). The van der Waals surface area contributed by atoms with Crippen LogP contribution in [0.5, 0.6) is 0 Å². The lowest BCUT2D eigenvalue weighted by Crippen LogP contribution is -2.53. The molecule has 1 rings (SSSR count). The van der Waals surface area contributed by atoms with Crippen molar-refractivity contribution in [2.24, 2.45) is 5.73 Å². The fraction of sp³-hybridized carbons (Fsp3) is 0.917. The normalized spacial score (nSPS) is 20.4. The zero-order valence-electron chi connectivity index (χ0n) is 11.0. The van der Waals surface area contributed by atoms with Crippen molar-refractivity contribution >= 4 is 17.2 Å². The summed E-state index contributed by atoms with van der Waals surface area (Å²) in [6.45, 7) is 11.1. The summed E-state index contributed by atoms with van der Waals surface area (Å²) in [4.78, 5) is 5.48. The molecule has 1 fully saturated rings. The van der Waals surface area contributed by atoms with Crippen LogP contribution >= 0.6 is 12.2 Å². The molecule has 0 radical (unpaired) electrons. The Balaban J connectivity index is 2.27. The second-order valence-corrected chi connectivity index (χ2v) is 4.87. The Morgan fingerprint density at radius 1 is 1.29 bits per heavy atom. The molecule has 2 N–H and O–H groups in total. The summed E-state index contributed by atoms with van der Waals surface area (Å²) in [6.07, 6.45) is 1.01. The lowest BCUT2D eigenvalue weighted by atomic mass is 10.1. The summed E-state index contributed by atoms with van der Waals surface area (Å²) in [6, 6.07) is 0.277. The molecule has 0 spiro atoms. The van der Waals surface area contributed by atoms with E-state index in [1.54, 1.807) is 0 Å². The molecule has 0 aromatic rings. The maximum Gasteiger partial charge on any atom is 0.0901 e. The highest BCUT2D eigenvalue weighted by atomic mass is 32.1. The number of hydrogen-bond donors (Lipinski definition) is 1. The third-order valence-electron chi connectivity index (χ3n) is 3.32. The molecule has 0 amide bonds. The highest BCUT2D eigenvalue weighted by Gasteiger charge is 2.23. The predicted molar refractivity (Wildman–Crippen MR) is 75.4 cm³/mol. The Kier molecular flexibility index (Phi) is 6.96. The fourth-order valence-corrected chi connectivity index (χ4v) is 2.59. The van der Waals surface area contributed by atoms with Crippen molar-refractivity contribution < 1.29 is 4.74 Å². The van der Waals surface area contributed by atoms with E-state index in [9.17, 15) is 0 Å². The van der Waals surface area contributed by atoms with Gasteiger partial charge in [-0.2, -0.15) is 0 Å². The van der Waals surface area contributed by atoms with Crippen LogP contribution in [-0.4, -0.2) is 66.8 Å². The van der Waals surface area contributed by atoms with Gasteiger partial charge >= 0.3 is 0 Å². The molecule has 1 aliphatic rings. The van der Waals surface area contributed by atoms with Gasteiger partial charge in [0.25, 0.3) is 0 Å². The molecule has 1 unspecified atom stereocenters. The van der Waals surface area contributed by atoms with Crippen LogP contribution in [0.2, 0.25) is 0 Å². The van der Waals surface area contributed by atoms with Crippen LogP contribution < -0.4 is 5.73 Å². The van der Waals surface area contributed by atoms with Crippen LogP contribution in [0.4, 0.5) is 0 Å². The summed E-state index contributed by atoms with van der Waals surface area (Å²) in [5, 5.41) is 0. The summed E-state index contributed by atoms with van der Waals surface area (Å²) >= 11 is 5.11. The van der Waals surface area contributed by atoms with Gasteiger partial charge in [0.2, 0.25) is 0 Å². The first kappa shape index (κ1) is 14.8. The first-order chi connectivity index (χ1) is 8.19. The van der Waals surface area contributed by atoms with Crippen LogP contribution in [0.1, 0.15) is 20.3 Å². The molecule has 1 heterocycles. The van der Waals surface area contributed by atoms with E-state index in [0.717, 1.165) is 52.4 Å². The number of rotatable bonds is 7. The van der Waals surface area contributed by atoms with Gasteiger partial charge in [-0.1, -0.05) is 19.1 Å². The van der Waals surface area contributed by atoms with Crippen LogP contribution in [0, 0.1) is 0 Å². The minimum Gasteiger partial charge on any atom is -0.392 e. The minimum atomic E-state index is 0.277. The predicted octanol–water partition coefficient (Wildman–Crippen LogP) is 0.705. The van der Waals surface area contributed by atoms with E-state index in [-0.39, 0.29) is 6.04 Å². The van der Waals surface area contributed by atoms with Gasteiger partial charge in [0.15, 0.2) is 0 Å². The molecule has 5 heteroatoms. The van der Waals surface area contributed by atoms with Crippen molar-refractivity contribution in [3.63, 3.8) is 0 Å². The molecule has 0 aromatic heterocycles. The van der Waals surface area contributed by atoms with Crippen LogP contribution in [0.3, 0.4) is 0 Å². The van der Waals surface area contributed by atoms with Gasteiger partial charge < -0.3 is 10.5 Å². The third-order valence-corrected chi connectivity index (χ3v) is 3.59. The van der Waals surface area contributed by atoms with Gasteiger partial charge in [0, 0.05) is 39.3 Å². The first-order valence-corrected chi connectivity index (χ1v) is 6.93. The molecule has 4 nitrogen and oxygen atoms in total. The Morgan fingerprint density at radius 3 is 2.41 bits per heavy atom. The molecule has 1 saturated heterocycles. The number of piperazine rings is 1. The second kappa shape index (κ2) is 7.97. The lowest BCUT2D eigenvalue weighted by molar-refractivity contribution is 0.0744. The Bertz CT molecular complexity index is 230. The number of thiocarbonyl (C=S) groups is 1. The molecule has 0 aromatic carbocycles. The van der Waals surface area contributed by atoms with E-state index in [2.05, 4.69) is 16.7 Å². The zero-order valence-corrected chi connectivity index (χ0v) is 11.8. The average molecular weight is 259 g/mol. The first-order valence-electron chi connectivity index (χ1n) is 6.52. The monoisotopic (exact) mass is 259 g/mol. The van der Waals surface area contributed by atoms with Gasteiger partial charge in [-0.3, -0.25) is 9.80 Å². The summed E-state index contributed by atoms with van der Waals surface area (Å²) in [5.74, 6) is 0. The summed E-state index contributed by atoms with van der Waals surface area (Å²) < 4.78 is 5.37. The van der Waals surface area contributed by atoms with Crippen LogP contribution in [0.15, 0.2) is 0 Å². The second-order valence-electron chi connectivity index (χ2n) is 4.40. The topological polar surface area (TPSA) is 41.7 Å². The molecule has 100 valence electrons. The Morgan fingerprint density at radius 2 is 1.94 bits per heavy atom. The fourth-order valence-electron chi connectivity index (χ4n) is 2.28. The largest absolute Gasteiger partial charge is 0.392 e. The lowest BCUT2D eigenvalue weighted by Gasteiger charge is -2.38. The van der Waals surface area contributed by atoms with Gasteiger partial charge in [-0.25, -0.2) is 0 Å². The van der Waals surface area contributed by atoms with Crippen LogP contribution in [0.25, 0.3) is 0 Å². The summed E-state index contributed by atoms with van der Waals surface area (Å²) in [7, 11) is 0. The number of ether oxygens (including phenoxy) is 1. The van der Waals surface area contributed by atoms with E-state index in [1.165, 1.54) is 0 Å². The average Bonchev–Trinajstić information content (AvgIpc) is 2.32. The van der Waals surface area contributed by atoms with Crippen molar-refractivity contribution in [2.45, 2.75) is 26.3 Å². The zero-order chi connectivity index (χ0) is 12.7. The SMILES string of the molecule is CCOCCN1CCN(C(CC)C(N)=S)CC1. The molecular weight excluding hydrogens is 234 g/mol. The number of nitrogens with zero attached hydrogens (tertiary/aromatic N) is 2. The molecule has 0 aliphatic carbocycles. The molecule has 1 atom stereocenters. The quantitative estimate of drug-likeness (QED) is 0.538. The highest BCUT2D eigenvalue weighted by molar-refractivity contribution is 7.80. The minimum absolute atomic E-state index is 0.277. The summed E-state index contributed by atoms with van der Waals surface area (Å²) in [5.41, 5.74) is 5.77. The van der Waals surface area contributed by atoms with Gasteiger partial charge in [-0.05, 0) is 13.3 Å². The van der Waals surface area contributed by atoms with Gasteiger partial charge in [0.1, 0.15) is 0 Å². The number of hydrogen-bond acceptors (Lipinski definition) is 4. The van der Waals surface area contributed by atoms with E-state index in [4.69, 9.17) is 22.7 Å². The van der Waals surface area contributed by atoms with E-state index < -0.39 is 0 Å². The van der Waals surface area contributed by atoms with E-state index in [1.807, 2.05) is 6.92 Å². The van der Waals surface area contributed by atoms with Crippen molar-refractivity contribution in [2.75, 3.05) is 45.9 Å². The highest BCUT2D eigenvalue weighted by Crippen LogP contribution is 2.09. The Hall–Kier alpha value is -0.230. The Labute approximate surface area is 110 Å². The van der Waals surface area contributed by atoms with E-state index in [0.29, 0.717) is 4.99 Å².